The number of furan rings is 1. The van der Waals surface area contributed by atoms with Crippen LogP contribution in [-0.4, -0.2) is 0 Å². The molecule has 63 heavy (non-hydrogen) atoms. The summed E-state index contributed by atoms with van der Waals surface area (Å²) in [7, 11) is 0. The molecule has 1 aromatic heterocycles. The van der Waals surface area contributed by atoms with Crippen molar-refractivity contribution in [2.75, 3.05) is 4.90 Å². The first kappa shape index (κ1) is 38.1. The minimum absolute atomic E-state index is 0.0771. The van der Waals surface area contributed by atoms with E-state index in [9.17, 15) is 0 Å². The molecule has 0 spiro atoms. The third kappa shape index (κ3) is 4.86. The van der Waals surface area contributed by atoms with Crippen LogP contribution in [0.5, 0.6) is 0 Å². The van der Waals surface area contributed by atoms with Crippen LogP contribution in [0.15, 0.2) is 131 Å². The highest BCUT2D eigenvalue weighted by Gasteiger charge is 2.62. The number of allylic oxidation sites excluding steroid dienone is 1. The molecule has 6 aliphatic rings. The molecule has 4 unspecified atom stereocenters. The average Bonchev–Trinajstić information content (AvgIpc) is 3.83. The summed E-state index contributed by atoms with van der Waals surface area (Å²) in [6.45, 7) is 15.1. The van der Waals surface area contributed by atoms with Gasteiger partial charge in [0.05, 0.1) is 0 Å². The van der Waals surface area contributed by atoms with Crippen LogP contribution in [0.4, 0.5) is 11.4 Å². The highest BCUT2D eigenvalue weighted by molar-refractivity contribution is 5.99. The second-order valence-electron chi connectivity index (χ2n) is 21.4. The topological polar surface area (TPSA) is 16.4 Å². The Morgan fingerprint density at radius 3 is 2.02 bits per heavy atom. The number of hydrogen-bond acceptors (Lipinski definition) is 2. The quantitative estimate of drug-likeness (QED) is 0.165. The molecule has 2 heteroatoms. The standard InChI is InChI=1S/C61H61NO/c1-36-42-24-15-16-29-49(42)60(5)55-44-25-14-13-23-40(44)31-34-51(55)62(41-32-33-48-47(35-41)54-43(38-19-9-7-10-20-38)26-18-30-50(54)59(48,3)4)61(6)57(60)52(36)37(2)53-46-28-17-27-45(56(46)63-58(53)61)39-21-11-8-12-22-39/h13-18,23-39H,7-12,19-22H2,1-6H3. The number of nitrogens with zero attached hydrogens (tertiary/aromatic N) is 1. The predicted molar refractivity (Wildman–Crippen MR) is 262 cm³/mol. The van der Waals surface area contributed by atoms with Gasteiger partial charge in [-0.3, -0.25) is 0 Å². The van der Waals surface area contributed by atoms with Gasteiger partial charge in [0.1, 0.15) is 16.9 Å². The Morgan fingerprint density at radius 1 is 0.571 bits per heavy atom. The molecule has 7 aromatic rings. The molecular weight excluding hydrogens is 763 g/mol. The van der Waals surface area contributed by atoms with Crippen LogP contribution in [0, 0.1) is 0 Å². The van der Waals surface area contributed by atoms with Crippen LogP contribution >= 0.6 is 0 Å². The van der Waals surface area contributed by atoms with Crippen molar-refractivity contribution in [2.45, 2.75) is 146 Å². The van der Waals surface area contributed by atoms with E-state index in [0.29, 0.717) is 11.8 Å². The molecule has 316 valence electrons. The number of para-hydroxylation sites is 1. The van der Waals surface area contributed by atoms with Crippen molar-refractivity contribution in [2.24, 2.45) is 0 Å². The minimum atomic E-state index is -0.625. The molecule has 2 heterocycles. The van der Waals surface area contributed by atoms with E-state index in [0.717, 1.165) is 11.3 Å². The fourth-order valence-corrected chi connectivity index (χ4v) is 15.2. The molecule has 1 aliphatic heterocycles. The Labute approximate surface area is 374 Å². The smallest absolute Gasteiger partial charge is 0.139 e. The summed E-state index contributed by atoms with van der Waals surface area (Å²) in [4.78, 5) is 2.79. The SMILES string of the molecule is CC1C2=C3C(C)(c4ccccc41)c1c(ccc4ccccc14)N(c1ccc4c(c1)-c1c(C5CCCCC5)cccc1C4(C)C)C3(C)c1oc3c(C4CCCCC4)cccc3c1C2C. The predicted octanol–water partition coefficient (Wildman–Crippen LogP) is 16.9. The van der Waals surface area contributed by atoms with Gasteiger partial charge in [0.2, 0.25) is 0 Å². The largest absolute Gasteiger partial charge is 0.458 e. The van der Waals surface area contributed by atoms with Gasteiger partial charge in [-0.1, -0.05) is 169 Å². The highest BCUT2D eigenvalue weighted by atomic mass is 16.3. The Balaban J connectivity index is 1.15. The third-order valence-corrected chi connectivity index (χ3v) is 18.0. The van der Waals surface area contributed by atoms with Crippen LogP contribution in [0.1, 0.15) is 180 Å². The lowest BCUT2D eigenvalue weighted by Gasteiger charge is -2.60. The lowest BCUT2D eigenvalue weighted by atomic mass is 9.50. The van der Waals surface area contributed by atoms with Crippen molar-refractivity contribution < 1.29 is 4.42 Å². The Hall–Kier alpha value is -5.34. The van der Waals surface area contributed by atoms with E-state index >= 15 is 0 Å². The zero-order chi connectivity index (χ0) is 42.6. The number of rotatable bonds is 3. The van der Waals surface area contributed by atoms with Crippen LogP contribution in [0.2, 0.25) is 0 Å². The molecule has 2 fully saturated rings. The van der Waals surface area contributed by atoms with Crippen molar-refractivity contribution in [3.8, 4) is 11.1 Å². The number of fused-ring (bicyclic) bond motifs is 13. The van der Waals surface area contributed by atoms with Crippen LogP contribution in [0.25, 0.3) is 32.9 Å². The molecule has 2 saturated carbocycles. The van der Waals surface area contributed by atoms with Crippen LogP contribution in [0.3, 0.4) is 0 Å². The van der Waals surface area contributed by atoms with Gasteiger partial charge in [0, 0.05) is 45.0 Å². The highest BCUT2D eigenvalue weighted by Crippen LogP contribution is 2.70. The maximum atomic E-state index is 7.81. The van der Waals surface area contributed by atoms with Gasteiger partial charge < -0.3 is 9.32 Å². The maximum Gasteiger partial charge on any atom is 0.139 e. The van der Waals surface area contributed by atoms with E-state index in [4.69, 9.17) is 4.42 Å². The van der Waals surface area contributed by atoms with Gasteiger partial charge >= 0.3 is 0 Å². The average molecular weight is 824 g/mol. The molecule has 0 amide bonds. The first-order chi connectivity index (χ1) is 30.6. The lowest BCUT2D eigenvalue weighted by molar-refractivity contribution is 0.342. The molecule has 2 nitrogen and oxygen atoms in total. The molecule has 6 aromatic carbocycles. The summed E-state index contributed by atoms with van der Waals surface area (Å²) in [5, 5.41) is 3.97. The summed E-state index contributed by atoms with van der Waals surface area (Å²) in [6, 6.07) is 45.5. The Kier molecular flexibility index (Phi) is 8.08. The van der Waals surface area contributed by atoms with Gasteiger partial charge in [0.25, 0.3) is 0 Å². The Bertz CT molecular complexity index is 3090. The number of anilines is 2. The van der Waals surface area contributed by atoms with E-state index in [1.165, 1.54) is 147 Å². The molecule has 0 saturated heterocycles. The summed E-state index contributed by atoms with van der Waals surface area (Å²) in [5.41, 5.74) is 20.3. The van der Waals surface area contributed by atoms with E-state index in [1.807, 2.05) is 0 Å². The van der Waals surface area contributed by atoms with Crippen molar-refractivity contribution in [1.82, 2.24) is 0 Å². The molecule has 4 atom stereocenters. The van der Waals surface area contributed by atoms with E-state index in [1.54, 1.807) is 11.1 Å². The van der Waals surface area contributed by atoms with E-state index in [-0.39, 0.29) is 17.3 Å². The zero-order valence-corrected chi connectivity index (χ0v) is 38.2. The third-order valence-electron chi connectivity index (χ3n) is 18.0. The summed E-state index contributed by atoms with van der Waals surface area (Å²) in [6.07, 6.45) is 13.1. The minimum Gasteiger partial charge on any atom is -0.458 e. The lowest BCUT2D eigenvalue weighted by Crippen LogP contribution is -2.57. The Morgan fingerprint density at radius 2 is 1.22 bits per heavy atom. The van der Waals surface area contributed by atoms with Crippen molar-refractivity contribution in [1.29, 1.82) is 0 Å². The van der Waals surface area contributed by atoms with Crippen molar-refractivity contribution >= 4 is 33.1 Å². The molecule has 0 radical (unpaired) electrons. The van der Waals surface area contributed by atoms with E-state index in [2.05, 4.69) is 162 Å². The van der Waals surface area contributed by atoms with Gasteiger partial charge in [-0.15, -0.1) is 0 Å². The molecule has 5 aliphatic carbocycles. The number of hydrogen-bond donors (Lipinski definition) is 0. The summed E-state index contributed by atoms with van der Waals surface area (Å²) < 4.78 is 7.81. The molecule has 13 rings (SSSR count). The van der Waals surface area contributed by atoms with Crippen LogP contribution in [-0.2, 0) is 16.4 Å². The van der Waals surface area contributed by atoms with Gasteiger partial charge in [-0.2, -0.15) is 0 Å². The molecular formula is C61H61NO. The van der Waals surface area contributed by atoms with E-state index < -0.39 is 11.0 Å². The zero-order valence-electron chi connectivity index (χ0n) is 38.2. The van der Waals surface area contributed by atoms with Gasteiger partial charge in [-0.25, -0.2) is 0 Å². The van der Waals surface area contributed by atoms with Crippen molar-refractivity contribution in [3.05, 3.63) is 177 Å². The number of benzene rings is 6. The van der Waals surface area contributed by atoms with Gasteiger partial charge in [-0.05, 0) is 136 Å². The second kappa shape index (κ2) is 13.4. The molecule has 0 N–H and O–H groups in total. The van der Waals surface area contributed by atoms with Crippen LogP contribution < -0.4 is 4.90 Å². The second-order valence-corrected chi connectivity index (χ2v) is 21.4. The monoisotopic (exact) mass is 823 g/mol. The first-order valence-corrected chi connectivity index (χ1v) is 24.6. The van der Waals surface area contributed by atoms with Crippen molar-refractivity contribution in [3.63, 3.8) is 0 Å². The summed E-state index contributed by atoms with van der Waals surface area (Å²) >= 11 is 0. The normalized spacial score (nSPS) is 26.0. The summed E-state index contributed by atoms with van der Waals surface area (Å²) in [5.74, 6) is 2.75. The maximum absolute atomic E-state index is 7.81. The van der Waals surface area contributed by atoms with Gasteiger partial charge in [0.15, 0.2) is 0 Å². The fourth-order valence-electron chi connectivity index (χ4n) is 15.2. The fraction of sp³-hybridized carbons (Fsp3) is 0.377. The first-order valence-electron chi connectivity index (χ1n) is 24.6. The molecule has 0 bridgehead atoms.